The molecule has 0 saturated heterocycles. The molecule has 0 aliphatic carbocycles. The second kappa shape index (κ2) is 4.71. The van der Waals surface area contributed by atoms with Crippen molar-refractivity contribution < 1.29 is 8.42 Å². The lowest BCUT2D eigenvalue weighted by molar-refractivity contribution is 0.601. The highest BCUT2D eigenvalue weighted by atomic mass is 32.2. The number of nitrogens with one attached hydrogen (secondary N) is 2. The maximum atomic E-state index is 12.1. The van der Waals surface area contributed by atoms with Crippen molar-refractivity contribution in [2.24, 2.45) is 5.73 Å². The molecule has 0 spiro atoms. The third kappa shape index (κ3) is 2.40. The number of anilines is 1. The Morgan fingerprint density at radius 1 is 1.50 bits per heavy atom. The summed E-state index contributed by atoms with van der Waals surface area (Å²) in [6, 6.07) is 1.58. The molecular weight excluding hydrogens is 272 g/mol. The van der Waals surface area contributed by atoms with Gasteiger partial charge in [-0.25, -0.2) is 8.42 Å². The first kappa shape index (κ1) is 13.1. The van der Waals surface area contributed by atoms with E-state index in [0.717, 1.165) is 4.88 Å². The van der Waals surface area contributed by atoms with Gasteiger partial charge in [-0.1, -0.05) is 0 Å². The normalized spacial score (nSPS) is 11.7. The monoisotopic (exact) mass is 286 g/mol. The lowest BCUT2D eigenvalue weighted by atomic mass is 10.3. The van der Waals surface area contributed by atoms with Gasteiger partial charge in [0, 0.05) is 16.8 Å². The van der Waals surface area contributed by atoms with Gasteiger partial charge in [-0.2, -0.15) is 5.10 Å². The third-order valence-electron chi connectivity index (χ3n) is 2.51. The van der Waals surface area contributed by atoms with Crippen molar-refractivity contribution in [3.05, 3.63) is 27.7 Å². The summed E-state index contributed by atoms with van der Waals surface area (Å²) in [5, 5.41) is 8.26. The summed E-state index contributed by atoms with van der Waals surface area (Å²) in [5.74, 6) is 0. The largest absolute Gasteiger partial charge is 0.326 e. The number of nitrogens with zero attached hydrogens (tertiary/aromatic N) is 1. The van der Waals surface area contributed by atoms with Crippen LogP contribution in [0.5, 0.6) is 0 Å². The number of aromatic nitrogens is 2. The molecule has 0 aromatic carbocycles. The summed E-state index contributed by atoms with van der Waals surface area (Å²) in [7, 11) is -3.57. The lowest BCUT2D eigenvalue weighted by Crippen LogP contribution is -2.13. The van der Waals surface area contributed by atoms with Crippen molar-refractivity contribution in [3.8, 4) is 0 Å². The minimum Gasteiger partial charge on any atom is -0.326 e. The molecule has 4 N–H and O–H groups in total. The van der Waals surface area contributed by atoms with E-state index in [1.165, 1.54) is 11.3 Å². The van der Waals surface area contributed by atoms with Gasteiger partial charge in [-0.15, -0.1) is 11.3 Å². The SMILES string of the molecule is Cc1n[nH]c(C)c1NS(=O)(=O)c1csc(CN)c1. The van der Waals surface area contributed by atoms with E-state index in [-0.39, 0.29) is 4.90 Å². The van der Waals surface area contributed by atoms with Gasteiger partial charge < -0.3 is 5.73 Å². The number of sulfonamides is 1. The number of rotatable bonds is 4. The van der Waals surface area contributed by atoms with Gasteiger partial charge in [0.25, 0.3) is 10.0 Å². The zero-order valence-corrected chi connectivity index (χ0v) is 11.7. The average molecular weight is 286 g/mol. The number of thiophene rings is 1. The van der Waals surface area contributed by atoms with Crippen LogP contribution >= 0.6 is 11.3 Å². The number of hydrogen-bond acceptors (Lipinski definition) is 5. The van der Waals surface area contributed by atoms with Gasteiger partial charge in [0.2, 0.25) is 0 Å². The number of nitrogens with two attached hydrogens (primary N) is 1. The van der Waals surface area contributed by atoms with E-state index in [0.29, 0.717) is 23.6 Å². The van der Waals surface area contributed by atoms with Crippen molar-refractivity contribution in [3.63, 3.8) is 0 Å². The van der Waals surface area contributed by atoms with E-state index >= 15 is 0 Å². The molecule has 8 heteroatoms. The Balaban J connectivity index is 2.33. The van der Waals surface area contributed by atoms with Crippen LogP contribution in [0.1, 0.15) is 16.3 Å². The molecule has 0 fully saturated rings. The van der Waals surface area contributed by atoms with Gasteiger partial charge >= 0.3 is 0 Å². The molecule has 2 rings (SSSR count). The number of H-pyrrole nitrogens is 1. The Morgan fingerprint density at radius 2 is 2.22 bits per heavy atom. The molecule has 18 heavy (non-hydrogen) atoms. The Kier molecular flexibility index (Phi) is 3.42. The summed E-state index contributed by atoms with van der Waals surface area (Å²) in [4.78, 5) is 1.06. The molecule has 0 saturated carbocycles. The van der Waals surface area contributed by atoms with Crippen LogP contribution in [0, 0.1) is 13.8 Å². The van der Waals surface area contributed by atoms with Crippen molar-refractivity contribution in [1.82, 2.24) is 10.2 Å². The molecule has 0 aliphatic rings. The predicted octanol–water partition coefficient (Wildman–Crippen LogP) is 1.35. The Hall–Kier alpha value is -1.38. The topological polar surface area (TPSA) is 101 Å². The highest BCUT2D eigenvalue weighted by Crippen LogP contribution is 2.24. The first-order valence-corrected chi connectivity index (χ1v) is 7.62. The fraction of sp³-hybridized carbons (Fsp3) is 0.300. The number of hydrogen-bond donors (Lipinski definition) is 3. The van der Waals surface area contributed by atoms with Crippen molar-refractivity contribution in [2.45, 2.75) is 25.3 Å². The average Bonchev–Trinajstić information content (AvgIpc) is 2.91. The van der Waals surface area contributed by atoms with Crippen LogP contribution in [0.15, 0.2) is 16.3 Å². The van der Waals surface area contributed by atoms with Crippen molar-refractivity contribution >= 4 is 27.0 Å². The molecule has 0 atom stereocenters. The second-order valence-corrected chi connectivity index (χ2v) is 6.55. The van der Waals surface area contributed by atoms with E-state index < -0.39 is 10.0 Å². The fourth-order valence-electron chi connectivity index (χ4n) is 1.50. The number of aromatic amines is 1. The first-order valence-electron chi connectivity index (χ1n) is 5.26. The minimum atomic E-state index is -3.57. The Morgan fingerprint density at radius 3 is 2.72 bits per heavy atom. The van der Waals surface area contributed by atoms with Gasteiger partial charge in [0.1, 0.15) is 0 Å². The van der Waals surface area contributed by atoms with Crippen LogP contribution in [-0.2, 0) is 16.6 Å². The van der Waals surface area contributed by atoms with Crippen LogP contribution in [0.25, 0.3) is 0 Å². The summed E-state index contributed by atoms with van der Waals surface area (Å²) in [5.41, 5.74) is 7.27. The molecular formula is C10H14N4O2S2. The maximum absolute atomic E-state index is 12.1. The van der Waals surface area contributed by atoms with Crippen LogP contribution in [0.4, 0.5) is 5.69 Å². The third-order valence-corrected chi connectivity index (χ3v) is 4.94. The first-order chi connectivity index (χ1) is 8.44. The molecule has 0 amide bonds. The molecule has 0 radical (unpaired) electrons. The van der Waals surface area contributed by atoms with Crippen molar-refractivity contribution in [2.75, 3.05) is 4.72 Å². The highest BCUT2D eigenvalue weighted by Gasteiger charge is 2.19. The van der Waals surface area contributed by atoms with Gasteiger partial charge in [-0.3, -0.25) is 9.82 Å². The number of aryl methyl sites for hydroxylation is 2. The Bertz CT molecular complexity index is 638. The molecule has 98 valence electrons. The molecule has 0 bridgehead atoms. The van der Waals surface area contributed by atoms with Gasteiger partial charge in [0.15, 0.2) is 0 Å². The molecule has 2 aromatic heterocycles. The zero-order chi connectivity index (χ0) is 13.3. The summed E-state index contributed by atoms with van der Waals surface area (Å²) in [6.45, 7) is 3.83. The van der Waals surface area contributed by atoms with Gasteiger partial charge in [0.05, 0.1) is 22.0 Å². The van der Waals surface area contributed by atoms with E-state index in [4.69, 9.17) is 5.73 Å². The van der Waals surface area contributed by atoms with E-state index in [1.807, 2.05) is 0 Å². The molecule has 2 heterocycles. The molecule has 6 nitrogen and oxygen atoms in total. The van der Waals surface area contributed by atoms with Crippen LogP contribution in [0.2, 0.25) is 0 Å². The summed E-state index contributed by atoms with van der Waals surface area (Å²) in [6.07, 6.45) is 0. The van der Waals surface area contributed by atoms with E-state index in [9.17, 15) is 8.42 Å². The predicted molar refractivity (Wildman–Crippen MR) is 71.1 cm³/mol. The standard InChI is InChI=1S/C10H14N4O2S2/c1-6-10(7(2)13-12-6)14-18(15,16)9-3-8(4-11)17-5-9/h3,5,14H,4,11H2,1-2H3,(H,12,13). The van der Waals surface area contributed by atoms with E-state index in [1.54, 1.807) is 25.3 Å². The smallest absolute Gasteiger partial charge is 0.262 e. The fourth-order valence-corrected chi connectivity index (χ4v) is 3.84. The zero-order valence-electron chi connectivity index (χ0n) is 10.0. The Labute approximate surface area is 109 Å². The molecule has 2 aromatic rings. The molecule has 0 aliphatic heterocycles. The molecule has 0 unspecified atom stereocenters. The quantitative estimate of drug-likeness (QED) is 0.789. The van der Waals surface area contributed by atoms with Gasteiger partial charge in [-0.05, 0) is 19.9 Å². The van der Waals surface area contributed by atoms with Crippen LogP contribution < -0.4 is 10.5 Å². The highest BCUT2D eigenvalue weighted by molar-refractivity contribution is 7.92. The summed E-state index contributed by atoms with van der Waals surface area (Å²) < 4.78 is 26.8. The van der Waals surface area contributed by atoms with Crippen LogP contribution in [-0.4, -0.2) is 18.6 Å². The minimum absolute atomic E-state index is 0.230. The lowest BCUT2D eigenvalue weighted by Gasteiger charge is -2.06. The van der Waals surface area contributed by atoms with E-state index in [2.05, 4.69) is 14.9 Å². The van der Waals surface area contributed by atoms with Crippen molar-refractivity contribution in [1.29, 1.82) is 0 Å². The van der Waals surface area contributed by atoms with Crippen LogP contribution in [0.3, 0.4) is 0 Å². The maximum Gasteiger partial charge on any atom is 0.262 e. The second-order valence-electron chi connectivity index (χ2n) is 3.87. The summed E-state index contributed by atoms with van der Waals surface area (Å²) >= 11 is 1.33.